The van der Waals surface area contributed by atoms with Crippen LogP contribution in [0.25, 0.3) is 32.5 Å². The molecule has 0 unspecified atom stereocenters. The van der Waals surface area contributed by atoms with E-state index in [2.05, 4.69) is 73.3 Å². The first-order valence-corrected chi connectivity index (χ1v) is 5.02. The molecule has 24 heavy (non-hydrogen) atoms. The van der Waals surface area contributed by atoms with E-state index in [0.29, 0.717) is 0 Å². The predicted octanol–water partition coefficient (Wildman–Crippen LogP) is -14.0. The van der Waals surface area contributed by atoms with Gasteiger partial charge in [0.15, 0.2) is 0 Å². The van der Waals surface area contributed by atoms with E-state index < -0.39 is 0 Å². The molecular weight excluding hydrogens is 486 g/mol. The molecule has 0 aliphatic rings. The van der Waals surface area contributed by atoms with Gasteiger partial charge >= 0.3 is 177 Å². The van der Waals surface area contributed by atoms with Crippen molar-refractivity contribution in [2.75, 3.05) is 0 Å². The average Bonchev–Trinajstić information content (AvgIpc) is 2.23. The van der Waals surface area contributed by atoms with Crippen molar-refractivity contribution in [3.63, 3.8) is 0 Å². The number of rotatable bonds is 0. The summed E-state index contributed by atoms with van der Waals surface area (Å²) >= 11 is 22.2. The standard InChI is InChI=1S/6CNS.6Na/c6*2-1-3;;;;;;/q6*-1;6*+1. The molecule has 0 aromatic heterocycles. The van der Waals surface area contributed by atoms with E-state index in [1.54, 1.807) is 0 Å². The maximum absolute atomic E-state index is 7.13. The summed E-state index contributed by atoms with van der Waals surface area (Å²) in [6.45, 7) is 0. The molecule has 0 amide bonds. The summed E-state index contributed by atoms with van der Waals surface area (Å²) in [5.41, 5.74) is 0. The summed E-state index contributed by atoms with van der Waals surface area (Å²) in [7, 11) is 0. The fourth-order valence-electron chi connectivity index (χ4n) is 0. The van der Waals surface area contributed by atoms with Crippen LogP contribution >= 0.6 is 73.3 Å². The molecule has 0 fully saturated rings. The van der Waals surface area contributed by atoms with E-state index in [-0.39, 0.29) is 177 Å². The topological polar surface area (TPSA) is 134 Å². The molecule has 0 bridgehead atoms. The van der Waals surface area contributed by atoms with E-state index in [4.69, 9.17) is 32.5 Å². The van der Waals surface area contributed by atoms with Crippen LogP contribution in [0.2, 0.25) is 0 Å². The average molecular weight is 486 g/mol. The van der Waals surface area contributed by atoms with Gasteiger partial charge < -0.3 is 32.5 Å². The van der Waals surface area contributed by atoms with Crippen LogP contribution in [0.4, 0.5) is 0 Å². The maximum Gasteiger partial charge on any atom is 1.00 e. The Morgan fingerprint density at radius 3 is 0.292 bits per heavy atom. The first-order valence-electron chi connectivity index (χ1n) is 2.57. The zero-order valence-electron chi connectivity index (χ0n) is 14.1. The monoisotopic (exact) mass is 486 g/mol. The minimum Gasteiger partial charge on any atom is -0.753 e. The summed E-state index contributed by atoms with van der Waals surface area (Å²) in [5, 5.41) is 50.8. The van der Waals surface area contributed by atoms with Gasteiger partial charge in [-0.2, -0.15) is 31.0 Å². The zero-order chi connectivity index (χ0) is 16.2. The van der Waals surface area contributed by atoms with Gasteiger partial charge in [0.2, 0.25) is 0 Å². The Hall–Kier alpha value is 4.80. The van der Waals surface area contributed by atoms with E-state index in [9.17, 15) is 0 Å². The van der Waals surface area contributed by atoms with Gasteiger partial charge in [0.1, 0.15) is 0 Å². The Kier molecular flexibility index (Phi) is 562. The molecule has 0 aromatic rings. The molecule has 0 heterocycles. The van der Waals surface area contributed by atoms with Crippen molar-refractivity contribution < 1.29 is 177 Å². The normalized spacial score (nSPS) is 2.00. The van der Waals surface area contributed by atoms with Crippen molar-refractivity contribution in [2.45, 2.75) is 0 Å². The Morgan fingerprint density at radius 2 is 0.292 bits per heavy atom. The van der Waals surface area contributed by atoms with Crippen molar-refractivity contribution in [3.8, 4) is 0 Å². The molecule has 0 atom stereocenters. The van der Waals surface area contributed by atoms with Gasteiger partial charge in [-0.25, -0.2) is 0 Å². The van der Waals surface area contributed by atoms with Gasteiger partial charge in [0.25, 0.3) is 0 Å². The van der Waals surface area contributed by atoms with Crippen LogP contribution in [-0.4, -0.2) is 31.0 Å². The molecule has 0 aliphatic carbocycles. The third-order valence-corrected chi connectivity index (χ3v) is 0. The summed E-state index contributed by atoms with van der Waals surface area (Å²) < 4.78 is 0. The van der Waals surface area contributed by atoms with Crippen molar-refractivity contribution in [1.29, 1.82) is 0 Å². The van der Waals surface area contributed by atoms with Crippen molar-refractivity contribution in [3.05, 3.63) is 32.5 Å². The number of hydrogen-bond donors (Lipinski definition) is 0. The number of isothiocyanates is 6. The molecule has 0 saturated heterocycles. The molecule has 0 aromatic carbocycles. The van der Waals surface area contributed by atoms with Crippen molar-refractivity contribution in [2.24, 2.45) is 0 Å². The zero-order valence-corrected chi connectivity index (χ0v) is 31.0. The third-order valence-electron chi connectivity index (χ3n) is 0. The van der Waals surface area contributed by atoms with E-state index in [1.807, 2.05) is 0 Å². The first kappa shape index (κ1) is 78.9. The molecule has 6 nitrogen and oxygen atoms in total. The minimum atomic E-state index is 0. The number of nitrogens with zero attached hydrogens (tertiary/aromatic N) is 6. The Balaban J connectivity index is -0.00000000686. The van der Waals surface area contributed by atoms with Crippen LogP contribution in [0.15, 0.2) is 0 Å². The van der Waals surface area contributed by atoms with Crippen LogP contribution < -0.4 is 177 Å². The summed E-state index contributed by atoms with van der Waals surface area (Å²) in [5.74, 6) is 0. The largest absolute Gasteiger partial charge is 1.00 e. The van der Waals surface area contributed by atoms with Gasteiger partial charge in [-0.1, -0.05) is 73.3 Å². The molecular formula is C6N6Na6S6. The molecule has 96 valence electrons. The first-order chi connectivity index (χ1) is 8.49. The fourth-order valence-corrected chi connectivity index (χ4v) is 0. The summed E-state index contributed by atoms with van der Waals surface area (Å²) in [6, 6.07) is 0. The van der Waals surface area contributed by atoms with E-state index in [0.717, 1.165) is 0 Å². The van der Waals surface area contributed by atoms with Crippen molar-refractivity contribution in [1.82, 2.24) is 0 Å². The summed E-state index contributed by atoms with van der Waals surface area (Å²) in [6.07, 6.45) is 0. The van der Waals surface area contributed by atoms with Gasteiger partial charge in [0, 0.05) is 0 Å². The molecule has 0 rings (SSSR count). The molecule has 0 N–H and O–H groups in total. The molecule has 0 aliphatic heterocycles. The second-order valence-electron chi connectivity index (χ2n) is 0.548. The SMILES string of the molecule is [N-]=C=S.[N-]=C=S.[N-]=C=S.[N-]=C=S.[N-]=C=S.[N-]=C=S.[Na+].[Na+].[Na+].[Na+].[Na+].[Na+]. The Labute approximate surface area is 306 Å². The van der Waals surface area contributed by atoms with E-state index in [1.165, 1.54) is 31.0 Å². The molecule has 0 saturated carbocycles. The predicted molar refractivity (Wildman–Crippen MR) is 95.7 cm³/mol. The second-order valence-corrected chi connectivity index (χ2v) is 1.64. The minimum absolute atomic E-state index is 0. The van der Waals surface area contributed by atoms with Gasteiger partial charge in [-0.3, -0.25) is 0 Å². The number of hydrogen-bond acceptors (Lipinski definition) is 6. The molecule has 0 spiro atoms. The van der Waals surface area contributed by atoms with Crippen LogP contribution in [-0.2, 0) is 0 Å². The summed E-state index contributed by atoms with van der Waals surface area (Å²) in [4.78, 5) is 0. The van der Waals surface area contributed by atoms with E-state index >= 15 is 0 Å². The Morgan fingerprint density at radius 1 is 0.292 bits per heavy atom. The van der Waals surface area contributed by atoms with Gasteiger partial charge in [-0.15, -0.1) is 0 Å². The Bertz CT molecular complexity index is 267. The molecule has 0 radical (unpaired) electrons. The number of thiocarbonyl (C=S) groups is 6. The van der Waals surface area contributed by atoms with Gasteiger partial charge in [0.05, 0.1) is 0 Å². The maximum atomic E-state index is 7.13. The third kappa shape index (κ3) is 774. The van der Waals surface area contributed by atoms with Crippen LogP contribution in [0, 0.1) is 0 Å². The van der Waals surface area contributed by atoms with Crippen LogP contribution in [0.5, 0.6) is 0 Å². The van der Waals surface area contributed by atoms with Crippen LogP contribution in [0.1, 0.15) is 0 Å². The smallest absolute Gasteiger partial charge is 0.753 e. The van der Waals surface area contributed by atoms with Gasteiger partial charge in [-0.05, 0) is 0 Å². The van der Waals surface area contributed by atoms with Crippen LogP contribution in [0.3, 0.4) is 0 Å². The fraction of sp³-hybridized carbons (Fsp3) is 0. The second kappa shape index (κ2) is 171. The molecule has 18 heteroatoms. The quantitative estimate of drug-likeness (QED) is 0.190. The van der Waals surface area contributed by atoms with Crippen molar-refractivity contribution >= 4 is 104 Å².